The zero-order chi connectivity index (χ0) is 17.1. The van der Waals surface area contributed by atoms with Crippen LogP contribution in [0, 0.1) is 46.8 Å². The summed E-state index contributed by atoms with van der Waals surface area (Å²) in [5, 5.41) is 10.5. The number of fused-ring (bicyclic) bond motifs is 5. The fourth-order valence-electron chi connectivity index (χ4n) is 8.34. The second kappa shape index (κ2) is 6.00. The minimum absolute atomic E-state index is 0.369. The summed E-state index contributed by atoms with van der Waals surface area (Å²) >= 11 is 0. The van der Waals surface area contributed by atoms with E-state index in [4.69, 9.17) is 0 Å². The molecule has 0 aliphatic heterocycles. The van der Waals surface area contributed by atoms with E-state index < -0.39 is 0 Å². The van der Waals surface area contributed by atoms with Crippen LogP contribution in [0.4, 0.5) is 0 Å². The molecule has 24 heavy (non-hydrogen) atoms. The first kappa shape index (κ1) is 17.4. The van der Waals surface area contributed by atoms with Gasteiger partial charge in [-0.15, -0.1) is 0 Å². The lowest BCUT2D eigenvalue weighted by Gasteiger charge is -2.57. The molecule has 0 spiro atoms. The summed E-state index contributed by atoms with van der Waals surface area (Å²) in [5.41, 5.74) is 0.274. The lowest BCUT2D eigenvalue weighted by Crippen LogP contribution is -2.50. The van der Waals surface area contributed by atoms with Crippen LogP contribution in [0.3, 0.4) is 0 Å². The molecule has 1 nitrogen and oxygen atoms in total. The predicted octanol–water partition coefficient (Wildman–Crippen LogP) is 6.05. The van der Waals surface area contributed by atoms with Crippen LogP contribution in [0.1, 0.15) is 91.9 Å². The number of hydrogen-bond acceptors (Lipinski definition) is 1. The van der Waals surface area contributed by atoms with Gasteiger partial charge in [0.2, 0.25) is 0 Å². The van der Waals surface area contributed by atoms with Crippen molar-refractivity contribution in [2.75, 3.05) is 0 Å². The number of aliphatic hydroxyl groups is 1. The van der Waals surface area contributed by atoms with Gasteiger partial charge in [-0.1, -0.05) is 27.2 Å². The maximum absolute atomic E-state index is 10.5. The lowest BCUT2D eigenvalue weighted by molar-refractivity contribution is -0.102. The van der Waals surface area contributed by atoms with Crippen LogP contribution < -0.4 is 0 Å². The van der Waals surface area contributed by atoms with Crippen molar-refractivity contribution in [2.24, 2.45) is 46.8 Å². The van der Waals surface area contributed by atoms with Crippen molar-refractivity contribution in [1.29, 1.82) is 0 Å². The van der Waals surface area contributed by atoms with E-state index in [2.05, 4.69) is 27.7 Å². The first-order valence-corrected chi connectivity index (χ1v) is 11.1. The van der Waals surface area contributed by atoms with Crippen molar-refractivity contribution in [3.05, 3.63) is 0 Å². The van der Waals surface area contributed by atoms with Gasteiger partial charge in [0.05, 0.1) is 5.60 Å². The van der Waals surface area contributed by atoms with Gasteiger partial charge in [-0.05, 0) is 112 Å². The minimum atomic E-state index is -0.369. The van der Waals surface area contributed by atoms with E-state index in [1.165, 1.54) is 51.4 Å². The molecule has 4 fully saturated rings. The molecule has 0 amide bonds. The molecule has 0 aromatic heterocycles. The molecule has 4 rings (SSSR count). The molecule has 8 unspecified atom stereocenters. The summed E-state index contributed by atoms with van der Waals surface area (Å²) in [5.74, 6) is 6.69. The first-order chi connectivity index (χ1) is 11.4. The summed E-state index contributed by atoms with van der Waals surface area (Å²) < 4.78 is 0. The molecule has 138 valence electrons. The molecule has 4 aliphatic rings. The molecule has 0 radical (unpaired) electrons. The Morgan fingerprint density at radius 1 is 0.917 bits per heavy atom. The van der Waals surface area contributed by atoms with Gasteiger partial charge in [0, 0.05) is 0 Å². The Morgan fingerprint density at radius 2 is 1.67 bits per heavy atom. The van der Waals surface area contributed by atoms with Gasteiger partial charge in [-0.2, -0.15) is 0 Å². The Hall–Kier alpha value is -0.0400. The summed E-state index contributed by atoms with van der Waals surface area (Å²) in [7, 11) is 0. The van der Waals surface area contributed by atoms with Crippen LogP contribution in [0.15, 0.2) is 0 Å². The molecule has 4 aliphatic carbocycles. The smallest absolute Gasteiger partial charge is 0.0622 e. The summed E-state index contributed by atoms with van der Waals surface area (Å²) in [6.45, 7) is 9.67. The van der Waals surface area contributed by atoms with Gasteiger partial charge in [0.25, 0.3) is 0 Å². The summed E-state index contributed by atoms with van der Waals surface area (Å²) in [6, 6.07) is 0. The molecular formula is C23H40O. The summed E-state index contributed by atoms with van der Waals surface area (Å²) in [4.78, 5) is 0. The van der Waals surface area contributed by atoms with Gasteiger partial charge in [-0.25, -0.2) is 0 Å². The molecule has 0 heterocycles. The molecule has 0 aromatic carbocycles. The van der Waals surface area contributed by atoms with E-state index in [1.54, 1.807) is 0 Å². The molecule has 0 bridgehead atoms. The Kier molecular flexibility index (Phi) is 4.34. The first-order valence-electron chi connectivity index (χ1n) is 11.1. The maximum atomic E-state index is 10.5. The Labute approximate surface area is 150 Å². The lowest BCUT2D eigenvalue weighted by atomic mass is 9.48. The molecular weight excluding hydrogens is 292 g/mol. The van der Waals surface area contributed by atoms with Gasteiger partial charge in [-0.3, -0.25) is 0 Å². The molecule has 0 saturated heterocycles. The quantitative estimate of drug-likeness (QED) is 0.652. The molecule has 1 heteroatoms. The van der Waals surface area contributed by atoms with Crippen LogP contribution in [0.5, 0.6) is 0 Å². The van der Waals surface area contributed by atoms with Crippen molar-refractivity contribution < 1.29 is 5.11 Å². The Balaban J connectivity index is 1.53. The SMILES string of the molecule is CCC(C)C1CCC2C3CCC4C[C@](C)(O)CCC4C3CCC12C. The van der Waals surface area contributed by atoms with Gasteiger partial charge >= 0.3 is 0 Å². The van der Waals surface area contributed by atoms with Crippen molar-refractivity contribution in [1.82, 2.24) is 0 Å². The third-order valence-corrected chi connectivity index (χ3v) is 9.64. The highest BCUT2D eigenvalue weighted by Crippen LogP contribution is 2.65. The average molecular weight is 333 g/mol. The Morgan fingerprint density at radius 3 is 2.42 bits per heavy atom. The highest BCUT2D eigenvalue weighted by atomic mass is 16.3. The summed E-state index contributed by atoms with van der Waals surface area (Å²) in [6.07, 6.45) is 13.7. The number of hydrogen-bond donors (Lipinski definition) is 1. The molecule has 0 aromatic rings. The minimum Gasteiger partial charge on any atom is -0.390 e. The Bertz CT molecular complexity index is 469. The van der Waals surface area contributed by atoms with Crippen molar-refractivity contribution in [2.45, 2.75) is 97.5 Å². The van der Waals surface area contributed by atoms with Gasteiger partial charge < -0.3 is 5.11 Å². The fourth-order valence-corrected chi connectivity index (χ4v) is 8.34. The van der Waals surface area contributed by atoms with Crippen LogP contribution in [0.2, 0.25) is 0 Å². The third-order valence-electron chi connectivity index (χ3n) is 9.64. The van der Waals surface area contributed by atoms with Gasteiger partial charge in [0.15, 0.2) is 0 Å². The second-order valence-electron chi connectivity index (χ2n) is 10.8. The average Bonchev–Trinajstić information content (AvgIpc) is 2.90. The van der Waals surface area contributed by atoms with E-state index in [1.807, 2.05) is 0 Å². The zero-order valence-electron chi connectivity index (χ0n) is 16.6. The van der Waals surface area contributed by atoms with E-state index in [9.17, 15) is 5.11 Å². The molecule has 1 N–H and O–H groups in total. The van der Waals surface area contributed by atoms with Crippen molar-refractivity contribution in [3.8, 4) is 0 Å². The topological polar surface area (TPSA) is 20.2 Å². The van der Waals surface area contributed by atoms with E-state index in [-0.39, 0.29) is 5.60 Å². The second-order valence-corrected chi connectivity index (χ2v) is 10.8. The van der Waals surface area contributed by atoms with Crippen molar-refractivity contribution in [3.63, 3.8) is 0 Å². The monoisotopic (exact) mass is 332 g/mol. The van der Waals surface area contributed by atoms with Gasteiger partial charge in [0.1, 0.15) is 0 Å². The standard InChI is InChI=1S/C23H40O/c1-5-15(2)20-8-9-21-19-7-6-16-14-22(3,24)12-10-17(16)18(19)11-13-23(20,21)4/h15-21,24H,5-14H2,1-4H3/t15?,16?,17?,18?,19?,20?,21?,22-,23?/m1/s1. The van der Waals surface area contributed by atoms with Crippen LogP contribution >= 0.6 is 0 Å². The van der Waals surface area contributed by atoms with E-state index in [0.29, 0.717) is 5.41 Å². The number of rotatable bonds is 2. The highest BCUT2D eigenvalue weighted by Gasteiger charge is 2.57. The van der Waals surface area contributed by atoms with Crippen LogP contribution in [-0.4, -0.2) is 10.7 Å². The van der Waals surface area contributed by atoms with E-state index >= 15 is 0 Å². The largest absolute Gasteiger partial charge is 0.390 e. The van der Waals surface area contributed by atoms with Crippen molar-refractivity contribution >= 4 is 0 Å². The van der Waals surface area contributed by atoms with Crippen LogP contribution in [-0.2, 0) is 0 Å². The fraction of sp³-hybridized carbons (Fsp3) is 1.00. The molecule has 9 atom stereocenters. The van der Waals surface area contributed by atoms with Crippen LogP contribution in [0.25, 0.3) is 0 Å². The highest BCUT2D eigenvalue weighted by molar-refractivity contribution is 5.07. The maximum Gasteiger partial charge on any atom is 0.0622 e. The van der Waals surface area contributed by atoms with E-state index in [0.717, 1.165) is 54.3 Å². The predicted molar refractivity (Wildman–Crippen MR) is 101 cm³/mol. The third kappa shape index (κ3) is 2.60. The molecule has 4 saturated carbocycles. The zero-order valence-corrected chi connectivity index (χ0v) is 16.6. The normalized spacial score (nSPS) is 55.4.